The average molecular weight is 341 g/mol. The zero-order chi connectivity index (χ0) is 17.6. The van der Waals surface area contributed by atoms with Crippen molar-refractivity contribution in [3.8, 4) is 11.8 Å². The predicted molar refractivity (Wildman–Crippen MR) is 104 cm³/mol. The Morgan fingerprint density at radius 1 is 0.960 bits per heavy atom. The number of rotatable bonds is 4. The third-order valence-electron chi connectivity index (χ3n) is 6.75. The van der Waals surface area contributed by atoms with Crippen molar-refractivity contribution in [1.29, 1.82) is 0 Å². The smallest absolute Gasteiger partial charge is 0.139 e. The molecule has 0 unspecified atom stereocenters. The van der Waals surface area contributed by atoms with Gasteiger partial charge < -0.3 is 0 Å². The average Bonchev–Trinajstić information content (AvgIpc) is 2.65. The fourth-order valence-corrected chi connectivity index (χ4v) is 5.30. The molecule has 2 fully saturated rings. The highest BCUT2D eigenvalue weighted by Crippen LogP contribution is 2.44. The molecule has 0 nitrogen and oxygen atoms in total. The maximum atomic E-state index is 14.2. The minimum absolute atomic E-state index is 0.150. The lowest BCUT2D eigenvalue weighted by Gasteiger charge is -2.38. The first-order valence-electron chi connectivity index (χ1n) is 10.4. The number of halogens is 1. The van der Waals surface area contributed by atoms with Gasteiger partial charge in [-0.15, -0.1) is 5.92 Å². The van der Waals surface area contributed by atoms with Gasteiger partial charge in [-0.05, 0) is 86.8 Å². The second kappa shape index (κ2) is 8.88. The van der Waals surface area contributed by atoms with Crippen LogP contribution in [0.3, 0.4) is 0 Å². The fraction of sp³-hybridized carbons (Fsp3) is 0.667. The summed E-state index contributed by atoms with van der Waals surface area (Å²) in [5.41, 5.74) is 1.72. The lowest BCUT2D eigenvalue weighted by molar-refractivity contribution is 0.156. The molecule has 0 aromatic heterocycles. The normalized spacial score (nSPS) is 29.7. The molecular weight excluding hydrogens is 307 g/mol. The number of hydrogen-bond acceptors (Lipinski definition) is 0. The number of hydrogen-bond donors (Lipinski definition) is 0. The van der Waals surface area contributed by atoms with Crippen LogP contribution < -0.4 is 0 Å². The summed E-state index contributed by atoms with van der Waals surface area (Å²) in [5.74, 6) is 8.92. The van der Waals surface area contributed by atoms with Crippen LogP contribution >= 0.6 is 0 Å². The van der Waals surface area contributed by atoms with Crippen molar-refractivity contribution in [2.24, 2.45) is 17.8 Å². The summed E-state index contributed by atoms with van der Waals surface area (Å²) in [4.78, 5) is 0. The van der Waals surface area contributed by atoms with E-state index in [0.717, 1.165) is 17.8 Å². The van der Waals surface area contributed by atoms with Gasteiger partial charge in [-0.3, -0.25) is 0 Å². The van der Waals surface area contributed by atoms with Crippen LogP contribution in [0, 0.1) is 35.4 Å². The molecule has 136 valence electrons. The van der Waals surface area contributed by atoms with E-state index in [4.69, 9.17) is 0 Å². The Hall–Kier alpha value is -1.29. The third kappa shape index (κ3) is 4.66. The maximum Gasteiger partial charge on any atom is 0.139 e. The Morgan fingerprint density at radius 2 is 1.60 bits per heavy atom. The molecule has 3 rings (SSSR count). The zero-order valence-corrected chi connectivity index (χ0v) is 16.0. The molecule has 2 aliphatic carbocycles. The summed E-state index contributed by atoms with van der Waals surface area (Å²) in [6.07, 6.45) is 13.8. The van der Waals surface area contributed by atoms with Crippen molar-refractivity contribution in [1.82, 2.24) is 0 Å². The van der Waals surface area contributed by atoms with Crippen molar-refractivity contribution in [3.05, 3.63) is 35.1 Å². The molecule has 2 saturated carbocycles. The van der Waals surface area contributed by atoms with Gasteiger partial charge in [0.05, 0.1) is 5.56 Å². The molecule has 2 aliphatic rings. The largest absolute Gasteiger partial charge is 0.206 e. The molecule has 1 aromatic rings. The van der Waals surface area contributed by atoms with Crippen LogP contribution in [0.1, 0.15) is 95.1 Å². The van der Waals surface area contributed by atoms with Gasteiger partial charge >= 0.3 is 0 Å². The SMILES string of the molecule is CC#Cc1ccc(C2CCC([C@H]3CC[C@H](CCC)CC3)CC2)cc1F. The molecule has 1 aromatic carbocycles. The minimum atomic E-state index is -0.150. The molecule has 0 amide bonds. The Bertz CT molecular complexity index is 605. The molecule has 0 saturated heterocycles. The lowest BCUT2D eigenvalue weighted by atomic mass is 9.68. The van der Waals surface area contributed by atoms with Gasteiger partial charge in [-0.2, -0.15) is 0 Å². The first kappa shape index (κ1) is 18.5. The van der Waals surface area contributed by atoms with E-state index in [1.165, 1.54) is 69.8 Å². The lowest BCUT2D eigenvalue weighted by Crippen LogP contribution is -2.25. The first-order valence-corrected chi connectivity index (χ1v) is 10.4. The van der Waals surface area contributed by atoms with Gasteiger partial charge in [0, 0.05) is 0 Å². The van der Waals surface area contributed by atoms with Crippen LogP contribution in [0.5, 0.6) is 0 Å². The summed E-state index contributed by atoms with van der Waals surface area (Å²) in [5, 5.41) is 0. The van der Waals surface area contributed by atoms with Crippen molar-refractivity contribution < 1.29 is 4.39 Å². The van der Waals surface area contributed by atoms with Gasteiger partial charge in [0.1, 0.15) is 5.82 Å². The monoisotopic (exact) mass is 340 g/mol. The highest BCUT2D eigenvalue weighted by Gasteiger charge is 2.31. The van der Waals surface area contributed by atoms with Crippen molar-refractivity contribution in [2.75, 3.05) is 0 Å². The molecule has 25 heavy (non-hydrogen) atoms. The van der Waals surface area contributed by atoms with Gasteiger partial charge in [0.15, 0.2) is 0 Å². The second-order valence-corrected chi connectivity index (χ2v) is 8.30. The van der Waals surface area contributed by atoms with E-state index in [2.05, 4.69) is 24.8 Å². The van der Waals surface area contributed by atoms with E-state index in [1.807, 2.05) is 6.07 Å². The maximum absolute atomic E-state index is 14.2. The molecule has 0 N–H and O–H groups in total. The summed E-state index contributed by atoms with van der Waals surface area (Å²) >= 11 is 0. The van der Waals surface area contributed by atoms with Crippen LogP contribution in [0.2, 0.25) is 0 Å². The van der Waals surface area contributed by atoms with Crippen LogP contribution in [-0.4, -0.2) is 0 Å². The second-order valence-electron chi connectivity index (χ2n) is 8.30. The molecule has 0 bridgehead atoms. The summed E-state index contributed by atoms with van der Waals surface area (Å²) in [7, 11) is 0. The Balaban J connectivity index is 1.52. The molecule has 1 heteroatoms. The van der Waals surface area contributed by atoms with E-state index in [1.54, 1.807) is 13.0 Å². The van der Waals surface area contributed by atoms with Crippen LogP contribution in [-0.2, 0) is 0 Å². The van der Waals surface area contributed by atoms with Crippen molar-refractivity contribution >= 4 is 0 Å². The van der Waals surface area contributed by atoms with Gasteiger partial charge in [-0.25, -0.2) is 4.39 Å². The molecule has 0 spiro atoms. The van der Waals surface area contributed by atoms with Crippen LogP contribution in [0.4, 0.5) is 4.39 Å². The molecule has 0 heterocycles. The predicted octanol–water partition coefficient (Wildman–Crippen LogP) is 7.08. The van der Waals surface area contributed by atoms with Crippen LogP contribution in [0.15, 0.2) is 18.2 Å². The topological polar surface area (TPSA) is 0 Å². The van der Waals surface area contributed by atoms with E-state index in [-0.39, 0.29) is 5.82 Å². The highest BCUT2D eigenvalue weighted by molar-refractivity contribution is 5.38. The Morgan fingerprint density at radius 3 is 2.16 bits per heavy atom. The third-order valence-corrected chi connectivity index (χ3v) is 6.75. The molecule has 0 atom stereocenters. The fourth-order valence-electron chi connectivity index (χ4n) is 5.30. The van der Waals surface area contributed by atoms with E-state index in [9.17, 15) is 4.39 Å². The highest BCUT2D eigenvalue weighted by atomic mass is 19.1. The Labute approximate surface area is 153 Å². The van der Waals surface area contributed by atoms with E-state index in [0.29, 0.717) is 11.5 Å². The molecular formula is C24H33F. The van der Waals surface area contributed by atoms with Gasteiger partial charge in [0.25, 0.3) is 0 Å². The summed E-state index contributed by atoms with van der Waals surface area (Å²) in [6, 6.07) is 5.70. The molecule has 0 aliphatic heterocycles. The van der Waals surface area contributed by atoms with E-state index >= 15 is 0 Å². The minimum Gasteiger partial charge on any atom is -0.206 e. The van der Waals surface area contributed by atoms with Crippen molar-refractivity contribution in [3.63, 3.8) is 0 Å². The zero-order valence-electron chi connectivity index (χ0n) is 16.0. The number of benzene rings is 1. The van der Waals surface area contributed by atoms with E-state index < -0.39 is 0 Å². The summed E-state index contributed by atoms with van der Waals surface area (Å²) in [6.45, 7) is 4.07. The quantitative estimate of drug-likeness (QED) is 0.514. The Kier molecular flexibility index (Phi) is 6.57. The van der Waals surface area contributed by atoms with Gasteiger partial charge in [0.2, 0.25) is 0 Å². The summed E-state index contributed by atoms with van der Waals surface area (Å²) < 4.78 is 14.2. The first-order chi connectivity index (χ1) is 12.2. The standard InChI is InChI=1S/C24H33F/c1-3-5-18-7-9-19(10-8-18)20-11-13-21(14-12-20)23-16-15-22(6-4-2)24(25)17-23/h15-21H,3,5,7-14H2,1-2H3/t18-,19-,20?,21?. The van der Waals surface area contributed by atoms with Gasteiger partial charge in [-0.1, -0.05) is 44.6 Å². The molecule has 0 radical (unpaired) electrons. The van der Waals surface area contributed by atoms with Crippen molar-refractivity contribution in [2.45, 2.75) is 84.0 Å². The van der Waals surface area contributed by atoms with Crippen LogP contribution in [0.25, 0.3) is 0 Å².